The molecule has 5 nitrogen and oxygen atoms in total. The summed E-state index contributed by atoms with van der Waals surface area (Å²) in [6.45, 7) is 0. The Balaban J connectivity index is 2.07. The van der Waals surface area contributed by atoms with Gasteiger partial charge in [-0.05, 0) is 37.8 Å². The van der Waals surface area contributed by atoms with Gasteiger partial charge in [-0.2, -0.15) is 0 Å². The van der Waals surface area contributed by atoms with E-state index in [4.69, 9.17) is 4.74 Å². The first-order valence-corrected chi connectivity index (χ1v) is 5.97. The van der Waals surface area contributed by atoms with Gasteiger partial charge in [-0.25, -0.2) is 14.6 Å². The number of esters is 2. The summed E-state index contributed by atoms with van der Waals surface area (Å²) in [5.41, 5.74) is 0.253. The summed E-state index contributed by atoms with van der Waals surface area (Å²) >= 11 is 0. The molecule has 1 saturated carbocycles. The molecule has 0 radical (unpaired) electrons. The second-order valence-corrected chi connectivity index (χ2v) is 4.21. The summed E-state index contributed by atoms with van der Waals surface area (Å²) in [6, 6.07) is 4.62. The number of carbonyl (C=O) groups excluding carboxylic acids is 2. The SMILES string of the molecule is COC(=O)c1cccc(C(=O)OC2CCCC2)n1. The van der Waals surface area contributed by atoms with Crippen LogP contribution in [0, 0.1) is 0 Å². The van der Waals surface area contributed by atoms with Gasteiger partial charge in [0.2, 0.25) is 0 Å². The fraction of sp³-hybridized carbons (Fsp3) is 0.462. The molecule has 1 aliphatic carbocycles. The van der Waals surface area contributed by atoms with E-state index in [9.17, 15) is 9.59 Å². The molecular formula is C13H15NO4. The maximum Gasteiger partial charge on any atom is 0.357 e. The molecule has 0 aliphatic heterocycles. The quantitative estimate of drug-likeness (QED) is 0.766. The molecule has 0 spiro atoms. The second-order valence-electron chi connectivity index (χ2n) is 4.21. The Hall–Kier alpha value is -1.91. The standard InChI is InChI=1S/C13H15NO4/c1-17-12(15)10-7-4-8-11(14-10)13(16)18-9-5-2-3-6-9/h4,7-9H,2-3,5-6H2,1H3. The van der Waals surface area contributed by atoms with Gasteiger partial charge in [0.05, 0.1) is 7.11 Å². The fourth-order valence-corrected chi connectivity index (χ4v) is 1.98. The maximum atomic E-state index is 11.8. The number of aromatic nitrogens is 1. The molecule has 96 valence electrons. The molecule has 0 atom stereocenters. The van der Waals surface area contributed by atoms with Crippen LogP contribution < -0.4 is 0 Å². The summed E-state index contributed by atoms with van der Waals surface area (Å²) in [5, 5.41) is 0. The van der Waals surface area contributed by atoms with Crippen molar-refractivity contribution in [3.8, 4) is 0 Å². The molecule has 0 saturated heterocycles. The van der Waals surface area contributed by atoms with Crippen LogP contribution in [0.3, 0.4) is 0 Å². The van der Waals surface area contributed by atoms with Crippen LogP contribution in [0.15, 0.2) is 18.2 Å². The average molecular weight is 249 g/mol. The van der Waals surface area contributed by atoms with Gasteiger partial charge < -0.3 is 9.47 Å². The van der Waals surface area contributed by atoms with E-state index in [1.807, 2.05) is 0 Å². The number of hydrogen-bond acceptors (Lipinski definition) is 5. The monoisotopic (exact) mass is 249 g/mol. The Morgan fingerprint density at radius 1 is 1.17 bits per heavy atom. The van der Waals surface area contributed by atoms with E-state index in [1.165, 1.54) is 19.2 Å². The molecule has 0 unspecified atom stereocenters. The molecule has 1 aliphatic rings. The molecule has 1 aromatic heterocycles. The normalized spacial score (nSPS) is 15.4. The maximum absolute atomic E-state index is 11.8. The third-order valence-corrected chi connectivity index (χ3v) is 2.93. The molecular weight excluding hydrogens is 234 g/mol. The van der Waals surface area contributed by atoms with Gasteiger partial charge in [-0.3, -0.25) is 0 Å². The summed E-state index contributed by atoms with van der Waals surface area (Å²) in [6.07, 6.45) is 3.98. The first kappa shape index (κ1) is 12.5. The van der Waals surface area contributed by atoms with E-state index < -0.39 is 11.9 Å². The first-order chi connectivity index (χ1) is 8.70. The number of methoxy groups -OCH3 is 1. The van der Waals surface area contributed by atoms with Gasteiger partial charge in [0.1, 0.15) is 17.5 Å². The van der Waals surface area contributed by atoms with Gasteiger partial charge in [0, 0.05) is 0 Å². The zero-order valence-electron chi connectivity index (χ0n) is 10.2. The van der Waals surface area contributed by atoms with Crippen molar-refractivity contribution in [1.29, 1.82) is 0 Å². The number of ether oxygens (including phenoxy) is 2. The predicted molar refractivity (Wildman–Crippen MR) is 63.2 cm³/mol. The minimum Gasteiger partial charge on any atom is -0.464 e. The van der Waals surface area contributed by atoms with Crippen molar-refractivity contribution in [3.63, 3.8) is 0 Å². The van der Waals surface area contributed by atoms with Crippen LogP contribution in [0.4, 0.5) is 0 Å². The molecule has 0 N–H and O–H groups in total. The summed E-state index contributed by atoms with van der Waals surface area (Å²) in [7, 11) is 1.27. The van der Waals surface area contributed by atoms with E-state index in [0.717, 1.165) is 25.7 Å². The lowest BCUT2D eigenvalue weighted by atomic mass is 10.3. The van der Waals surface area contributed by atoms with Crippen LogP contribution in [0.1, 0.15) is 46.7 Å². The second kappa shape index (κ2) is 5.62. The Bertz CT molecular complexity index is 452. The fourth-order valence-electron chi connectivity index (χ4n) is 1.98. The van der Waals surface area contributed by atoms with Crippen molar-refractivity contribution in [1.82, 2.24) is 4.98 Å². The van der Waals surface area contributed by atoms with Crippen molar-refractivity contribution in [2.75, 3.05) is 7.11 Å². The number of nitrogens with zero attached hydrogens (tertiary/aromatic N) is 1. The highest BCUT2D eigenvalue weighted by Crippen LogP contribution is 2.21. The molecule has 5 heteroatoms. The highest BCUT2D eigenvalue weighted by Gasteiger charge is 2.21. The number of carbonyl (C=O) groups is 2. The highest BCUT2D eigenvalue weighted by molar-refractivity contribution is 5.91. The summed E-state index contributed by atoms with van der Waals surface area (Å²) in [4.78, 5) is 27.1. The first-order valence-electron chi connectivity index (χ1n) is 5.97. The van der Waals surface area contributed by atoms with E-state index in [2.05, 4.69) is 9.72 Å². The van der Waals surface area contributed by atoms with E-state index >= 15 is 0 Å². The van der Waals surface area contributed by atoms with Gasteiger partial charge in [0.25, 0.3) is 0 Å². The van der Waals surface area contributed by atoms with Crippen LogP contribution in [0.5, 0.6) is 0 Å². The molecule has 0 bridgehead atoms. The highest BCUT2D eigenvalue weighted by atomic mass is 16.5. The molecule has 0 amide bonds. The summed E-state index contributed by atoms with van der Waals surface area (Å²) < 4.78 is 9.86. The van der Waals surface area contributed by atoms with Gasteiger partial charge in [-0.15, -0.1) is 0 Å². The van der Waals surface area contributed by atoms with Crippen LogP contribution in [-0.4, -0.2) is 30.1 Å². The summed E-state index contributed by atoms with van der Waals surface area (Å²) in [5.74, 6) is -1.04. The number of rotatable bonds is 3. The predicted octanol–water partition coefficient (Wildman–Crippen LogP) is 1.97. The van der Waals surface area contributed by atoms with Crippen LogP contribution in [0.2, 0.25) is 0 Å². The molecule has 18 heavy (non-hydrogen) atoms. The lowest BCUT2D eigenvalue weighted by molar-refractivity contribution is 0.0310. The Kier molecular flexibility index (Phi) is 3.92. The van der Waals surface area contributed by atoms with Crippen LogP contribution >= 0.6 is 0 Å². The van der Waals surface area contributed by atoms with Crippen LogP contribution in [0.25, 0.3) is 0 Å². The van der Waals surface area contributed by atoms with Crippen molar-refractivity contribution < 1.29 is 19.1 Å². The third kappa shape index (κ3) is 2.85. The van der Waals surface area contributed by atoms with E-state index in [1.54, 1.807) is 6.07 Å². The average Bonchev–Trinajstić information content (AvgIpc) is 2.90. The Morgan fingerprint density at radius 3 is 2.39 bits per heavy atom. The smallest absolute Gasteiger partial charge is 0.357 e. The third-order valence-electron chi connectivity index (χ3n) is 2.93. The topological polar surface area (TPSA) is 65.5 Å². The largest absolute Gasteiger partial charge is 0.464 e. The van der Waals surface area contributed by atoms with E-state index in [0.29, 0.717) is 0 Å². The zero-order valence-corrected chi connectivity index (χ0v) is 10.2. The van der Waals surface area contributed by atoms with Crippen molar-refractivity contribution in [2.45, 2.75) is 31.8 Å². The molecule has 2 rings (SSSR count). The van der Waals surface area contributed by atoms with Gasteiger partial charge in [0.15, 0.2) is 0 Å². The zero-order chi connectivity index (χ0) is 13.0. The number of pyridine rings is 1. The molecule has 1 aromatic rings. The van der Waals surface area contributed by atoms with Gasteiger partial charge in [-0.1, -0.05) is 6.07 Å². The van der Waals surface area contributed by atoms with Gasteiger partial charge >= 0.3 is 11.9 Å². The van der Waals surface area contributed by atoms with Crippen molar-refractivity contribution >= 4 is 11.9 Å². The lowest BCUT2D eigenvalue weighted by Crippen LogP contribution is -2.17. The lowest BCUT2D eigenvalue weighted by Gasteiger charge is -2.10. The molecule has 1 heterocycles. The minimum absolute atomic E-state index is 0.0129. The minimum atomic E-state index is -0.564. The van der Waals surface area contributed by atoms with E-state index in [-0.39, 0.29) is 17.5 Å². The Morgan fingerprint density at radius 2 is 1.78 bits per heavy atom. The molecule has 0 aromatic carbocycles. The Labute approximate surface area is 105 Å². The van der Waals surface area contributed by atoms with Crippen LogP contribution in [-0.2, 0) is 9.47 Å². The van der Waals surface area contributed by atoms with Crippen molar-refractivity contribution in [2.24, 2.45) is 0 Å². The molecule has 1 fully saturated rings. The van der Waals surface area contributed by atoms with Crippen molar-refractivity contribution in [3.05, 3.63) is 29.6 Å². The number of hydrogen-bond donors (Lipinski definition) is 0.